The largest absolute Gasteiger partial charge is 0.350 e. The van der Waals surface area contributed by atoms with E-state index >= 15 is 0 Å². The van der Waals surface area contributed by atoms with Gasteiger partial charge in [-0.1, -0.05) is 0 Å². The molecule has 1 aromatic rings. The zero-order chi connectivity index (χ0) is 16.0. The van der Waals surface area contributed by atoms with Crippen LogP contribution >= 0.6 is 0 Å². The Bertz CT molecular complexity index is 646. The Hall–Kier alpha value is -1.85. The summed E-state index contributed by atoms with van der Waals surface area (Å²) in [4.78, 5) is 26.1. The summed E-state index contributed by atoms with van der Waals surface area (Å²) < 4.78 is 16.0. The fraction of sp³-hybridized carbons (Fsp3) is 0.647. The van der Waals surface area contributed by atoms with Crippen molar-refractivity contribution < 1.29 is 14.0 Å². The first-order valence-corrected chi connectivity index (χ1v) is 8.52. The maximum atomic E-state index is 14.0. The number of hydrogen-bond acceptors (Lipinski definition) is 2. The van der Waals surface area contributed by atoms with Gasteiger partial charge in [-0.05, 0) is 43.7 Å². The number of alkyl halides is 1. The van der Waals surface area contributed by atoms with Crippen LogP contribution in [0, 0.1) is 5.92 Å². The number of amides is 2. The second-order valence-corrected chi connectivity index (χ2v) is 7.02. The average Bonchev–Trinajstić information content (AvgIpc) is 3.45. The second-order valence-electron chi connectivity index (χ2n) is 7.02. The van der Waals surface area contributed by atoms with E-state index in [-0.39, 0.29) is 11.8 Å². The van der Waals surface area contributed by atoms with E-state index in [4.69, 9.17) is 0 Å². The van der Waals surface area contributed by atoms with Gasteiger partial charge in [0.05, 0.1) is 0 Å². The molecule has 0 bridgehead atoms. The first-order chi connectivity index (χ1) is 11.1. The van der Waals surface area contributed by atoms with Crippen molar-refractivity contribution in [3.63, 3.8) is 0 Å². The molecule has 0 radical (unpaired) electrons. The van der Waals surface area contributed by atoms with Crippen LogP contribution in [0.3, 0.4) is 0 Å². The number of hydrogen-bond donors (Lipinski definition) is 1. The molecule has 2 fully saturated rings. The van der Waals surface area contributed by atoms with E-state index in [9.17, 15) is 14.0 Å². The molecule has 6 heteroatoms. The summed E-state index contributed by atoms with van der Waals surface area (Å²) in [7, 11) is 0. The second kappa shape index (κ2) is 5.35. The molecule has 2 heterocycles. The number of nitrogens with zero attached hydrogens (tertiary/aromatic N) is 2. The van der Waals surface area contributed by atoms with E-state index in [2.05, 4.69) is 5.32 Å². The molecule has 2 saturated carbocycles. The quantitative estimate of drug-likeness (QED) is 0.915. The first kappa shape index (κ1) is 14.7. The monoisotopic (exact) mass is 319 g/mol. The molecule has 1 aliphatic heterocycles. The number of carbonyl (C=O) groups excluding carboxylic acids is 2. The number of rotatable bonds is 4. The number of aromatic nitrogens is 1. The zero-order valence-corrected chi connectivity index (χ0v) is 13.2. The number of nitrogens with one attached hydrogen (secondary N) is 1. The van der Waals surface area contributed by atoms with Gasteiger partial charge in [-0.25, -0.2) is 4.39 Å². The van der Waals surface area contributed by atoms with Crippen LogP contribution in [0.5, 0.6) is 0 Å². The first-order valence-electron chi connectivity index (χ1n) is 8.52. The zero-order valence-electron chi connectivity index (χ0n) is 13.2. The van der Waals surface area contributed by atoms with Crippen molar-refractivity contribution in [2.24, 2.45) is 5.92 Å². The van der Waals surface area contributed by atoms with Gasteiger partial charge in [0.2, 0.25) is 0 Å². The lowest BCUT2D eigenvalue weighted by Gasteiger charge is -2.22. The van der Waals surface area contributed by atoms with Crippen molar-refractivity contribution in [3.8, 4) is 0 Å². The summed E-state index contributed by atoms with van der Waals surface area (Å²) in [5, 5.41) is 2.99. The highest BCUT2D eigenvalue weighted by molar-refractivity contribution is 5.93. The fourth-order valence-electron chi connectivity index (χ4n) is 3.23. The van der Waals surface area contributed by atoms with Crippen LogP contribution in [0.15, 0.2) is 12.1 Å². The summed E-state index contributed by atoms with van der Waals surface area (Å²) in [6.45, 7) is 2.29. The summed E-state index contributed by atoms with van der Waals surface area (Å²) >= 11 is 0. The van der Waals surface area contributed by atoms with Gasteiger partial charge in [0.15, 0.2) is 5.67 Å². The highest BCUT2D eigenvalue weighted by atomic mass is 19.1. The Morgan fingerprint density at radius 3 is 2.70 bits per heavy atom. The lowest BCUT2D eigenvalue weighted by Crippen LogP contribution is -2.40. The highest BCUT2D eigenvalue weighted by Gasteiger charge is 2.52. The highest BCUT2D eigenvalue weighted by Crippen LogP contribution is 2.41. The molecule has 2 aliphatic carbocycles. The minimum Gasteiger partial charge on any atom is -0.350 e. The molecular weight excluding hydrogens is 297 g/mol. The standard InChI is InChI=1S/C17H22FN3O2/c18-17(6-7-17)16(23)20-8-5-13-3-4-14(21(13)10-9-20)15(22)19-11-12-1-2-12/h3-4,12H,1-2,5-11H2,(H,19,22). The van der Waals surface area contributed by atoms with E-state index in [0.29, 0.717) is 50.5 Å². The maximum Gasteiger partial charge on any atom is 0.267 e. The van der Waals surface area contributed by atoms with Gasteiger partial charge in [0.1, 0.15) is 5.69 Å². The predicted octanol–water partition coefficient (Wildman–Crippen LogP) is 1.51. The molecule has 3 aliphatic rings. The molecule has 1 aromatic heterocycles. The number of halogens is 1. The Labute approximate surface area is 134 Å². The number of fused-ring (bicyclic) bond motifs is 1. The lowest BCUT2D eigenvalue weighted by atomic mass is 10.2. The van der Waals surface area contributed by atoms with Crippen LogP contribution in [0.2, 0.25) is 0 Å². The van der Waals surface area contributed by atoms with Gasteiger partial charge in [0, 0.05) is 38.3 Å². The van der Waals surface area contributed by atoms with Gasteiger partial charge in [-0.15, -0.1) is 0 Å². The molecule has 5 nitrogen and oxygen atoms in total. The summed E-state index contributed by atoms with van der Waals surface area (Å²) in [6.07, 6.45) is 3.77. The van der Waals surface area contributed by atoms with Crippen LogP contribution in [0.4, 0.5) is 4.39 Å². The van der Waals surface area contributed by atoms with Crippen LogP contribution in [-0.4, -0.2) is 46.6 Å². The summed E-state index contributed by atoms with van der Waals surface area (Å²) in [5.74, 6) is 0.222. The smallest absolute Gasteiger partial charge is 0.267 e. The van der Waals surface area contributed by atoms with E-state index in [1.807, 2.05) is 16.7 Å². The van der Waals surface area contributed by atoms with E-state index in [0.717, 1.165) is 12.2 Å². The molecule has 1 N–H and O–H groups in total. The molecule has 0 saturated heterocycles. The van der Waals surface area contributed by atoms with Crippen LogP contribution in [-0.2, 0) is 17.8 Å². The molecule has 0 aromatic carbocycles. The van der Waals surface area contributed by atoms with E-state index < -0.39 is 5.67 Å². The number of carbonyl (C=O) groups is 2. The van der Waals surface area contributed by atoms with Gasteiger partial charge >= 0.3 is 0 Å². The third kappa shape index (κ3) is 2.86. The normalized spacial score (nSPS) is 22.2. The van der Waals surface area contributed by atoms with E-state index in [1.54, 1.807) is 4.90 Å². The summed E-state index contributed by atoms with van der Waals surface area (Å²) in [5.41, 5.74) is 0.0839. The van der Waals surface area contributed by atoms with Gasteiger partial charge in [-0.2, -0.15) is 0 Å². The van der Waals surface area contributed by atoms with Crippen molar-refractivity contribution in [2.75, 3.05) is 19.6 Å². The fourth-order valence-corrected chi connectivity index (χ4v) is 3.23. The molecule has 23 heavy (non-hydrogen) atoms. The van der Waals surface area contributed by atoms with Gasteiger partial charge in [-0.3, -0.25) is 9.59 Å². The molecule has 124 valence electrons. The Balaban J connectivity index is 1.44. The SMILES string of the molecule is O=C(NCC1CC1)c1ccc2n1CCN(C(=O)C1(F)CC1)CC2. The van der Waals surface area contributed by atoms with Crippen LogP contribution in [0.1, 0.15) is 41.9 Å². The molecular formula is C17H22FN3O2. The van der Waals surface area contributed by atoms with Crippen molar-refractivity contribution in [1.82, 2.24) is 14.8 Å². The van der Waals surface area contributed by atoms with Crippen molar-refractivity contribution >= 4 is 11.8 Å². The Morgan fingerprint density at radius 1 is 1.22 bits per heavy atom. The summed E-state index contributed by atoms with van der Waals surface area (Å²) in [6, 6.07) is 3.80. The third-order valence-electron chi connectivity index (χ3n) is 5.14. The van der Waals surface area contributed by atoms with Gasteiger partial charge in [0.25, 0.3) is 11.8 Å². The molecule has 0 atom stereocenters. The van der Waals surface area contributed by atoms with Crippen LogP contribution < -0.4 is 5.32 Å². The molecule has 4 rings (SSSR count). The third-order valence-corrected chi connectivity index (χ3v) is 5.14. The minimum absolute atomic E-state index is 0.0490. The lowest BCUT2D eigenvalue weighted by molar-refractivity contribution is -0.138. The molecule has 0 unspecified atom stereocenters. The van der Waals surface area contributed by atoms with Crippen molar-refractivity contribution in [2.45, 2.75) is 44.3 Å². The van der Waals surface area contributed by atoms with Crippen LogP contribution in [0.25, 0.3) is 0 Å². The Kier molecular flexibility index (Phi) is 3.43. The maximum absolute atomic E-state index is 14.0. The van der Waals surface area contributed by atoms with E-state index in [1.165, 1.54) is 12.8 Å². The minimum atomic E-state index is -1.61. The molecule has 2 amide bonds. The molecule has 0 spiro atoms. The average molecular weight is 319 g/mol. The Morgan fingerprint density at radius 2 is 2.00 bits per heavy atom. The topological polar surface area (TPSA) is 54.3 Å². The van der Waals surface area contributed by atoms with Crippen molar-refractivity contribution in [1.29, 1.82) is 0 Å². The van der Waals surface area contributed by atoms with Gasteiger partial charge < -0.3 is 14.8 Å². The predicted molar refractivity (Wildman–Crippen MR) is 82.8 cm³/mol. The van der Waals surface area contributed by atoms with Crippen molar-refractivity contribution in [3.05, 3.63) is 23.5 Å².